The normalized spacial score (nSPS) is 14.7. The third-order valence-corrected chi connectivity index (χ3v) is 3.99. The van der Waals surface area contributed by atoms with Crippen molar-refractivity contribution in [1.29, 1.82) is 0 Å². The fourth-order valence-corrected chi connectivity index (χ4v) is 2.74. The van der Waals surface area contributed by atoms with Gasteiger partial charge in [-0.1, -0.05) is 26.7 Å². The van der Waals surface area contributed by atoms with E-state index in [4.69, 9.17) is 26.7 Å². The third kappa shape index (κ3) is 12.7. The van der Waals surface area contributed by atoms with Crippen molar-refractivity contribution in [3.05, 3.63) is 0 Å². The topological polar surface area (TPSA) is 154 Å². The zero-order valence-electron chi connectivity index (χ0n) is 16.1. The molecule has 9 nitrogen and oxygen atoms in total. The second-order valence-electron chi connectivity index (χ2n) is 6.51. The largest absolute Gasteiger partial charge is 0.445 e. The van der Waals surface area contributed by atoms with Crippen LogP contribution in [-0.4, -0.2) is 66.7 Å². The highest BCUT2D eigenvalue weighted by molar-refractivity contribution is 5.65. The molecule has 0 heterocycles. The van der Waals surface area contributed by atoms with Crippen LogP contribution in [0.4, 0.5) is 9.59 Å². The Balaban J connectivity index is 5.05. The molecule has 0 spiro atoms. The number of nitrogens with zero attached hydrogens (tertiary/aromatic N) is 1. The lowest BCUT2D eigenvalue weighted by Crippen LogP contribution is -2.46. The predicted octanol–water partition coefficient (Wildman–Crippen LogP) is 0.916. The third-order valence-electron chi connectivity index (χ3n) is 3.99. The molecule has 0 aromatic carbocycles. The van der Waals surface area contributed by atoms with Crippen molar-refractivity contribution in [2.75, 3.05) is 26.2 Å². The SMILES string of the molecule is CCCCC(CN(CC(O)CN)CC(CCCC)OC(N)=O)OC(N)=O. The second-order valence-corrected chi connectivity index (χ2v) is 6.51. The quantitative estimate of drug-likeness (QED) is 0.331. The van der Waals surface area contributed by atoms with Crippen molar-refractivity contribution >= 4 is 12.2 Å². The highest BCUT2D eigenvalue weighted by Gasteiger charge is 2.23. The number of carbonyl (C=O) groups excluding carboxylic acids is 2. The maximum atomic E-state index is 11.2. The molecule has 0 radical (unpaired) electrons. The molecule has 9 heteroatoms. The van der Waals surface area contributed by atoms with Crippen molar-refractivity contribution in [3.63, 3.8) is 0 Å². The first-order valence-corrected chi connectivity index (χ1v) is 9.34. The van der Waals surface area contributed by atoms with Gasteiger partial charge >= 0.3 is 12.2 Å². The van der Waals surface area contributed by atoms with Gasteiger partial charge in [0, 0.05) is 26.2 Å². The van der Waals surface area contributed by atoms with Gasteiger partial charge in [-0.25, -0.2) is 9.59 Å². The maximum absolute atomic E-state index is 11.2. The van der Waals surface area contributed by atoms with Crippen molar-refractivity contribution in [2.24, 2.45) is 17.2 Å². The van der Waals surface area contributed by atoms with Crippen LogP contribution in [0.5, 0.6) is 0 Å². The molecule has 0 fully saturated rings. The number of amides is 2. The van der Waals surface area contributed by atoms with E-state index < -0.39 is 30.5 Å². The van der Waals surface area contributed by atoms with Crippen molar-refractivity contribution in [1.82, 2.24) is 4.90 Å². The Kier molecular flexibility index (Phi) is 13.7. The summed E-state index contributed by atoms with van der Waals surface area (Å²) in [4.78, 5) is 24.2. The van der Waals surface area contributed by atoms with E-state index in [9.17, 15) is 14.7 Å². The van der Waals surface area contributed by atoms with E-state index in [1.165, 1.54) is 0 Å². The van der Waals surface area contributed by atoms with E-state index >= 15 is 0 Å². The van der Waals surface area contributed by atoms with Gasteiger partial charge in [0.25, 0.3) is 0 Å². The van der Waals surface area contributed by atoms with Crippen LogP contribution in [0.15, 0.2) is 0 Å². The van der Waals surface area contributed by atoms with E-state index in [1.54, 1.807) is 0 Å². The Morgan fingerprint density at radius 3 is 1.65 bits per heavy atom. The molecule has 26 heavy (non-hydrogen) atoms. The highest BCUT2D eigenvalue weighted by Crippen LogP contribution is 2.12. The van der Waals surface area contributed by atoms with Crippen LogP contribution in [0.1, 0.15) is 52.4 Å². The Bertz CT molecular complexity index is 367. The molecular formula is C17H36N4O5. The number of hydrogen-bond donors (Lipinski definition) is 4. The first kappa shape index (κ1) is 24.4. The average molecular weight is 376 g/mol. The number of aliphatic hydroxyl groups is 1. The lowest BCUT2D eigenvalue weighted by molar-refractivity contribution is 0.0212. The van der Waals surface area contributed by atoms with Crippen molar-refractivity contribution in [2.45, 2.75) is 70.7 Å². The summed E-state index contributed by atoms with van der Waals surface area (Å²) in [6.07, 6.45) is 1.76. The van der Waals surface area contributed by atoms with Crippen LogP contribution in [0.3, 0.4) is 0 Å². The van der Waals surface area contributed by atoms with E-state index in [0.29, 0.717) is 25.9 Å². The van der Waals surface area contributed by atoms with Gasteiger partial charge in [0.1, 0.15) is 12.2 Å². The standard InChI is InChI=1S/C17H36N4O5/c1-3-5-7-14(25-16(19)23)11-21(10-13(22)9-18)12-15(8-6-4-2)26-17(20)24/h13-15,22H,3-12,18H2,1-2H3,(H2,19,23)(H2,20,24). The zero-order valence-corrected chi connectivity index (χ0v) is 16.1. The zero-order chi connectivity index (χ0) is 19.9. The first-order chi connectivity index (χ1) is 12.3. The molecule has 3 unspecified atom stereocenters. The van der Waals surface area contributed by atoms with Gasteiger partial charge in [-0.2, -0.15) is 0 Å². The van der Waals surface area contributed by atoms with Crippen LogP contribution in [-0.2, 0) is 9.47 Å². The number of carbonyl (C=O) groups is 2. The van der Waals surface area contributed by atoms with Gasteiger partial charge in [-0.3, -0.25) is 4.90 Å². The van der Waals surface area contributed by atoms with Gasteiger partial charge in [0.15, 0.2) is 0 Å². The molecule has 0 rings (SSSR count). The van der Waals surface area contributed by atoms with Crippen LogP contribution >= 0.6 is 0 Å². The molecule has 0 aliphatic rings. The number of nitrogens with two attached hydrogens (primary N) is 3. The van der Waals surface area contributed by atoms with Crippen LogP contribution in [0.25, 0.3) is 0 Å². The van der Waals surface area contributed by atoms with E-state index in [0.717, 1.165) is 25.7 Å². The lowest BCUT2D eigenvalue weighted by atomic mass is 10.1. The summed E-state index contributed by atoms with van der Waals surface area (Å²) >= 11 is 0. The van der Waals surface area contributed by atoms with E-state index in [-0.39, 0.29) is 13.1 Å². The van der Waals surface area contributed by atoms with Crippen LogP contribution in [0, 0.1) is 0 Å². The molecule has 0 bridgehead atoms. The Morgan fingerprint density at radius 2 is 1.35 bits per heavy atom. The fourth-order valence-electron chi connectivity index (χ4n) is 2.74. The molecular weight excluding hydrogens is 340 g/mol. The number of unbranched alkanes of at least 4 members (excludes halogenated alkanes) is 2. The summed E-state index contributed by atoms with van der Waals surface area (Å²) in [5.74, 6) is 0. The van der Waals surface area contributed by atoms with E-state index in [1.807, 2.05) is 18.7 Å². The monoisotopic (exact) mass is 376 g/mol. The van der Waals surface area contributed by atoms with Crippen LogP contribution < -0.4 is 17.2 Å². The molecule has 2 amide bonds. The summed E-state index contributed by atoms with van der Waals surface area (Å²) in [5.41, 5.74) is 15.8. The molecule has 0 aromatic rings. The predicted molar refractivity (Wildman–Crippen MR) is 99.5 cm³/mol. The molecule has 0 aliphatic heterocycles. The molecule has 3 atom stereocenters. The van der Waals surface area contributed by atoms with Crippen LogP contribution in [0.2, 0.25) is 0 Å². The van der Waals surface area contributed by atoms with E-state index in [2.05, 4.69) is 0 Å². The molecule has 0 aliphatic carbocycles. The van der Waals surface area contributed by atoms with Gasteiger partial charge in [0.2, 0.25) is 0 Å². The molecule has 154 valence electrons. The number of aliphatic hydroxyl groups excluding tert-OH is 1. The smallest absolute Gasteiger partial charge is 0.404 e. The summed E-state index contributed by atoms with van der Waals surface area (Å²) in [7, 11) is 0. The molecule has 0 aromatic heterocycles. The summed E-state index contributed by atoms with van der Waals surface area (Å²) in [6, 6.07) is 0. The summed E-state index contributed by atoms with van der Waals surface area (Å²) < 4.78 is 10.4. The van der Waals surface area contributed by atoms with Gasteiger partial charge in [-0.15, -0.1) is 0 Å². The molecule has 0 saturated heterocycles. The minimum absolute atomic E-state index is 0.100. The Morgan fingerprint density at radius 1 is 0.923 bits per heavy atom. The van der Waals surface area contributed by atoms with Crippen molar-refractivity contribution < 1.29 is 24.2 Å². The summed E-state index contributed by atoms with van der Waals surface area (Å²) in [5, 5.41) is 9.94. The minimum Gasteiger partial charge on any atom is -0.445 e. The van der Waals surface area contributed by atoms with Gasteiger partial charge < -0.3 is 31.8 Å². The lowest BCUT2D eigenvalue weighted by Gasteiger charge is -2.31. The number of primary amides is 2. The van der Waals surface area contributed by atoms with Gasteiger partial charge in [-0.05, 0) is 25.7 Å². The molecule has 7 N–H and O–H groups in total. The average Bonchev–Trinajstić information content (AvgIpc) is 2.56. The number of hydrogen-bond acceptors (Lipinski definition) is 7. The van der Waals surface area contributed by atoms with Crippen molar-refractivity contribution in [3.8, 4) is 0 Å². The minimum atomic E-state index is -0.832. The second kappa shape index (κ2) is 14.6. The highest BCUT2D eigenvalue weighted by atomic mass is 16.6. The number of rotatable bonds is 15. The fraction of sp³-hybridized carbons (Fsp3) is 0.882. The van der Waals surface area contributed by atoms with Gasteiger partial charge in [0.05, 0.1) is 6.10 Å². The Labute approximate surface area is 156 Å². The molecule has 0 saturated carbocycles. The Hall–Kier alpha value is -1.58. The number of ether oxygens (including phenoxy) is 2. The first-order valence-electron chi connectivity index (χ1n) is 9.34. The summed E-state index contributed by atoms with van der Waals surface area (Å²) in [6.45, 7) is 5.18. The maximum Gasteiger partial charge on any atom is 0.404 e.